The van der Waals surface area contributed by atoms with Crippen LogP contribution in [0.3, 0.4) is 0 Å². The fourth-order valence-electron chi connectivity index (χ4n) is 1.83. The van der Waals surface area contributed by atoms with Crippen molar-refractivity contribution >= 4 is 10.8 Å². The molecule has 1 heterocycles. The van der Waals surface area contributed by atoms with E-state index in [1.807, 2.05) is 6.20 Å². The van der Waals surface area contributed by atoms with Crippen molar-refractivity contribution in [2.24, 2.45) is 0 Å². The van der Waals surface area contributed by atoms with Crippen LogP contribution in [0.15, 0.2) is 48.8 Å². The monoisotopic (exact) mass is 167 g/mol. The first-order valence-electron chi connectivity index (χ1n) is 4.39. The molecule has 0 aromatic carbocycles. The minimum atomic E-state index is 1.29. The van der Waals surface area contributed by atoms with Crippen molar-refractivity contribution in [3.8, 4) is 11.1 Å². The van der Waals surface area contributed by atoms with Crippen LogP contribution < -0.4 is 0 Å². The van der Waals surface area contributed by atoms with Crippen molar-refractivity contribution in [1.82, 2.24) is 4.98 Å². The van der Waals surface area contributed by atoms with Crippen molar-refractivity contribution in [2.75, 3.05) is 0 Å². The predicted octanol–water partition coefficient (Wildman–Crippen LogP) is 3.27. The SMILES string of the molecule is c1ccc2cc3c[nH]cc3c-2cc1. The summed E-state index contributed by atoms with van der Waals surface area (Å²) in [5.41, 5.74) is 2.63. The molecular weight excluding hydrogens is 158 g/mol. The second-order valence-corrected chi connectivity index (χ2v) is 3.25. The standard InChI is InChI=1S/C12H9N/c1-2-4-9-6-10-7-13-8-12(10)11(9)5-3-1/h1-8,13H. The summed E-state index contributed by atoms with van der Waals surface area (Å²) >= 11 is 0. The van der Waals surface area contributed by atoms with Crippen molar-refractivity contribution in [1.29, 1.82) is 0 Å². The van der Waals surface area contributed by atoms with Gasteiger partial charge in [0.25, 0.3) is 0 Å². The van der Waals surface area contributed by atoms with Crippen LogP contribution in [0.2, 0.25) is 0 Å². The molecule has 0 saturated heterocycles. The van der Waals surface area contributed by atoms with E-state index in [2.05, 4.69) is 47.6 Å². The molecule has 1 heteroatoms. The molecule has 0 saturated carbocycles. The Bertz CT molecular complexity index is 522. The van der Waals surface area contributed by atoms with E-state index in [4.69, 9.17) is 0 Å². The van der Waals surface area contributed by atoms with Crippen molar-refractivity contribution in [3.05, 3.63) is 48.8 Å². The van der Waals surface area contributed by atoms with Crippen LogP contribution in [-0.2, 0) is 0 Å². The fourth-order valence-corrected chi connectivity index (χ4v) is 1.83. The quantitative estimate of drug-likeness (QED) is 0.529. The first kappa shape index (κ1) is 6.72. The lowest BCUT2D eigenvalue weighted by molar-refractivity contribution is 1.43. The molecule has 62 valence electrons. The van der Waals surface area contributed by atoms with Gasteiger partial charge in [0.15, 0.2) is 0 Å². The first-order valence-corrected chi connectivity index (χ1v) is 4.39. The zero-order valence-corrected chi connectivity index (χ0v) is 7.12. The van der Waals surface area contributed by atoms with Gasteiger partial charge in [-0.2, -0.15) is 0 Å². The Morgan fingerprint density at radius 3 is 2.85 bits per heavy atom. The summed E-state index contributed by atoms with van der Waals surface area (Å²) in [4.78, 5) is 3.12. The van der Waals surface area contributed by atoms with E-state index in [0.29, 0.717) is 0 Å². The van der Waals surface area contributed by atoms with Crippen LogP contribution in [0.5, 0.6) is 0 Å². The van der Waals surface area contributed by atoms with E-state index in [9.17, 15) is 0 Å². The van der Waals surface area contributed by atoms with E-state index in [1.165, 1.54) is 21.9 Å². The third kappa shape index (κ3) is 0.872. The number of rotatable bonds is 0. The summed E-state index contributed by atoms with van der Waals surface area (Å²) < 4.78 is 0. The topological polar surface area (TPSA) is 15.8 Å². The van der Waals surface area contributed by atoms with Crippen LogP contribution in [-0.4, -0.2) is 4.98 Å². The van der Waals surface area contributed by atoms with Crippen LogP contribution >= 0.6 is 0 Å². The number of hydrogen-bond donors (Lipinski definition) is 1. The number of H-pyrrole nitrogens is 1. The van der Waals surface area contributed by atoms with E-state index < -0.39 is 0 Å². The zero-order valence-electron chi connectivity index (χ0n) is 7.12. The van der Waals surface area contributed by atoms with Crippen molar-refractivity contribution < 1.29 is 0 Å². The second-order valence-electron chi connectivity index (χ2n) is 3.25. The fraction of sp³-hybridized carbons (Fsp3) is 0. The molecule has 0 atom stereocenters. The highest BCUT2D eigenvalue weighted by atomic mass is 14.6. The molecule has 1 aromatic heterocycles. The maximum Gasteiger partial charge on any atom is 0.00906 e. The second kappa shape index (κ2) is 2.36. The Kier molecular flexibility index (Phi) is 1.22. The Balaban J connectivity index is 2.54. The maximum absolute atomic E-state index is 3.12. The smallest absolute Gasteiger partial charge is 0.00906 e. The predicted molar refractivity (Wildman–Crippen MR) is 54.9 cm³/mol. The van der Waals surface area contributed by atoms with Gasteiger partial charge in [0.05, 0.1) is 0 Å². The lowest BCUT2D eigenvalue weighted by atomic mass is 10.2. The van der Waals surface area contributed by atoms with Gasteiger partial charge in [-0.25, -0.2) is 0 Å². The molecule has 2 aliphatic carbocycles. The van der Waals surface area contributed by atoms with Crippen LogP contribution in [0, 0.1) is 0 Å². The molecule has 3 rings (SSSR count). The maximum atomic E-state index is 3.12. The van der Waals surface area contributed by atoms with Crippen molar-refractivity contribution in [2.45, 2.75) is 0 Å². The minimum absolute atomic E-state index is 1.29. The number of hydrogen-bond acceptors (Lipinski definition) is 0. The summed E-state index contributed by atoms with van der Waals surface area (Å²) in [5, 5.41) is 2.60. The Morgan fingerprint density at radius 2 is 1.85 bits per heavy atom. The first-order chi connectivity index (χ1) is 6.45. The number of aromatic amines is 1. The molecule has 0 spiro atoms. The van der Waals surface area contributed by atoms with Gasteiger partial charge >= 0.3 is 0 Å². The number of fused-ring (bicyclic) bond motifs is 3. The van der Waals surface area contributed by atoms with Crippen molar-refractivity contribution in [3.63, 3.8) is 0 Å². The van der Waals surface area contributed by atoms with Gasteiger partial charge in [0.2, 0.25) is 0 Å². The van der Waals surface area contributed by atoms with Gasteiger partial charge in [-0.05, 0) is 17.2 Å². The summed E-state index contributed by atoms with van der Waals surface area (Å²) in [5.74, 6) is 0. The van der Waals surface area contributed by atoms with Gasteiger partial charge in [-0.15, -0.1) is 0 Å². The number of aromatic nitrogens is 1. The zero-order chi connectivity index (χ0) is 8.67. The lowest BCUT2D eigenvalue weighted by Gasteiger charge is -1.89. The molecule has 0 radical (unpaired) electrons. The van der Waals surface area contributed by atoms with Gasteiger partial charge in [-0.1, -0.05) is 30.3 Å². The molecule has 0 unspecified atom stereocenters. The summed E-state index contributed by atoms with van der Waals surface area (Å²) in [7, 11) is 0. The molecule has 0 amide bonds. The average Bonchev–Trinajstić information content (AvgIpc) is 2.61. The van der Waals surface area contributed by atoms with E-state index in [1.54, 1.807) is 0 Å². The van der Waals surface area contributed by atoms with Gasteiger partial charge in [0.1, 0.15) is 0 Å². The molecule has 13 heavy (non-hydrogen) atoms. The third-order valence-corrected chi connectivity index (χ3v) is 2.45. The molecule has 0 aliphatic heterocycles. The summed E-state index contributed by atoms with van der Waals surface area (Å²) in [6.45, 7) is 0. The molecule has 0 bridgehead atoms. The van der Waals surface area contributed by atoms with Crippen LogP contribution in [0.4, 0.5) is 0 Å². The van der Waals surface area contributed by atoms with Crippen LogP contribution in [0.25, 0.3) is 21.9 Å². The Hall–Kier alpha value is -1.76. The van der Waals surface area contributed by atoms with Gasteiger partial charge in [-0.3, -0.25) is 0 Å². The Morgan fingerprint density at radius 1 is 0.923 bits per heavy atom. The largest absolute Gasteiger partial charge is 0.366 e. The average molecular weight is 167 g/mol. The molecular formula is C12H9N. The van der Waals surface area contributed by atoms with E-state index in [-0.39, 0.29) is 0 Å². The molecule has 2 aliphatic rings. The summed E-state index contributed by atoms with van der Waals surface area (Å²) in [6, 6.07) is 12.7. The van der Waals surface area contributed by atoms with Crippen LogP contribution in [0.1, 0.15) is 0 Å². The van der Waals surface area contributed by atoms with Gasteiger partial charge in [0, 0.05) is 23.2 Å². The lowest BCUT2D eigenvalue weighted by Crippen LogP contribution is -1.64. The normalized spacial score (nSPS) is 11.1. The molecule has 1 nitrogen and oxygen atoms in total. The molecule has 1 N–H and O–H groups in total. The highest BCUT2D eigenvalue weighted by molar-refractivity contribution is 6.01. The Labute approximate surface area is 76.4 Å². The minimum Gasteiger partial charge on any atom is -0.366 e. The van der Waals surface area contributed by atoms with E-state index in [0.717, 1.165) is 0 Å². The van der Waals surface area contributed by atoms with E-state index >= 15 is 0 Å². The molecule has 1 aromatic rings. The highest BCUT2D eigenvalue weighted by Crippen LogP contribution is 2.32. The third-order valence-electron chi connectivity index (χ3n) is 2.45. The van der Waals surface area contributed by atoms with Gasteiger partial charge < -0.3 is 4.98 Å². The molecule has 0 fully saturated rings. The highest BCUT2D eigenvalue weighted by Gasteiger charge is 2.07. The summed E-state index contributed by atoms with van der Waals surface area (Å²) in [6.07, 6.45) is 4.09. The number of nitrogens with one attached hydrogen (secondary N) is 1.